The molecule has 0 bridgehead atoms. The van der Waals surface area contributed by atoms with E-state index >= 15 is 0 Å². The third kappa shape index (κ3) is 2.20. The predicted molar refractivity (Wildman–Crippen MR) is 97.9 cm³/mol. The molecule has 5 aromatic rings. The molecular weight excluding hydrogens is 334 g/mol. The zero-order chi connectivity index (χ0) is 16.8. The molecule has 7 heteroatoms. The van der Waals surface area contributed by atoms with Crippen molar-refractivity contribution < 1.29 is 4.74 Å². The summed E-state index contributed by atoms with van der Waals surface area (Å²) < 4.78 is 7.00. The van der Waals surface area contributed by atoms with E-state index in [1.165, 1.54) is 11.3 Å². The van der Waals surface area contributed by atoms with Crippen LogP contribution in [0.4, 0.5) is 0 Å². The highest BCUT2D eigenvalue weighted by atomic mass is 32.1. The van der Waals surface area contributed by atoms with Crippen molar-refractivity contribution in [1.29, 1.82) is 0 Å². The summed E-state index contributed by atoms with van der Waals surface area (Å²) >= 11 is 1.53. The minimum absolute atomic E-state index is 0.722. The second kappa shape index (κ2) is 5.42. The first-order valence-corrected chi connectivity index (χ1v) is 8.58. The Labute approximate surface area is 146 Å². The molecule has 0 radical (unpaired) electrons. The van der Waals surface area contributed by atoms with Gasteiger partial charge < -0.3 is 9.72 Å². The third-order valence-corrected chi connectivity index (χ3v) is 5.09. The molecule has 0 fully saturated rings. The summed E-state index contributed by atoms with van der Waals surface area (Å²) in [6.07, 6.45) is 1.99. The minimum atomic E-state index is 0.722. The molecule has 0 unspecified atom stereocenters. The van der Waals surface area contributed by atoms with Gasteiger partial charge in [-0.2, -0.15) is 9.61 Å². The number of methoxy groups -OCH3 is 1. The Morgan fingerprint density at radius 2 is 1.88 bits per heavy atom. The predicted octanol–water partition coefficient (Wildman–Crippen LogP) is 4.01. The number of fused-ring (bicyclic) bond motifs is 2. The number of para-hydroxylation sites is 1. The monoisotopic (exact) mass is 347 g/mol. The highest BCUT2D eigenvalue weighted by Crippen LogP contribution is 2.33. The fourth-order valence-electron chi connectivity index (χ4n) is 2.89. The normalized spacial score (nSPS) is 11.4. The maximum Gasteiger partial charge on any atom is 0.235 e. The van der Waals surface area contributed by atoms with Gasteiger partial charge in [-0.3, -0.25) is 0 Å². The van der Waals surface area contributed by atoms with Crippen LogP contribution in [0.5, 0.6) is 5.75 Å². The number of aromatic nitrogens is 5. The summed E-state index contributed by atoms with van der Waals surface area (Å²) in [6, 6.07) is 15.9. The van der Waals surface area contributed by atoms with Crippen LogP contribution in [-0.2, 0) is 0 Å². The highest BCUT2D eigenvalue weighted by Gasteiger charge is 2.16. The van der Waals surface area contributed by atoms with Gasteiger partial charge in [0.1, 0.15) is 10.8 Å². The zero-order valence-corrected chi connectivity index (χ0v) is 14.1. The zero-order valence-electron chi connectivity index (χ0n) is 13.3. The molecule has 0 saturated heterocycles. The van der Waals surface area contributed by atoms with Crippen LogP contribution in [-0.4, -0.2) is 31.9 Å². The van der Waals surface area contributed by atoms with Gasteiger partial charge in [0.05, 0.1) is 7.11 Å². The molecule has 0 spiro atoms. The van der Waals surface area contributed by atoms with Crippen LogP contribution in [0.2, 0.25) is 0 Å². The number of rotatable bonds is 3. The minimum Gasteiger partial charge on any atom is -0.497 e. The third-order valence-electron chi connectivity index (χ3n) is 4.16. The van der Waals surface area contributed by atoms with Crippen LogP contribution in [0.1, 0.15) is 0 Å². The molecule has 122 valence electrons. The van der Waals surface area contributed by atoms with E-state index < -0.39 is 0 Å². The lowest BCUT2D eigenvalue weighted by Gasteiger charge is -2.00. The van der Waals surface area contributed by atoms with Crippen molar-refractivity contribution in [3.8, 4) is 27.7 Å². The van der Waals surface area contributed by atoms with E-state index in [-0.39, 0.29) is 0 Å². The van der Waals surface area contributed by atoms with E-state index in [4.69, 9.17) is 9.84 Å². The van der Waals surface area contributed by atoms with Gasteiger partial charge in [0.2, 0.25) is 4.96 Å². The number of hydrogen-bond acceptors (Lipinski definition) is 5. The van der Waals surface area contributed by atoms with Crippen LogP contribution >= 0.6 is 11.3 Å². The molecule has 3 aromatic heterocycles. The van der Waals surface area contributed by atoms with Crippen molar-refractivity contribution in [2.75, 3.05) is 7.11 Å². The molecule has 0 saturated carbocycles. The topological polar surface area (TPSA) is 68.1 Å². The summed E-state index contributed by atoms with van der Waals surface area (Å²) in [5, 5.41) is 15.4. The molecule has 0 aliphatic carbocycles. The standard InChI is InChI=1S/C18H13N5OS/c1-24-12-8-6-11(7-9-12)16-20-21-18-23(16)22-17(25-18)14-10-19-15-5-3-2-4-13(14)15/h2-10,19H,1H3. The van der Waals surface area contributed by atoms with E-state index in [2.05, 4.69) is 27.3 Å². The first kappa shape index (κ1) is 14.2. The number of ether oxygens (including phenoxy) is 1. The van der Waals surface area contributed by atoms with Gasteiger partial charge in [0.25, 0.3) is 0 Å². The number of aromatic amines is 1. The number of H-pyrrole nitrogens is 1. The molecule has 1 N–H and O–H groups in total. The van der Waals surface area contributed by atoms with Gasteiger partial charge in [0, 0.05) is 28.2 Å². The molecule has 2 aromatic carbocycles. The van der Waals surface area contributed by atoms with Crippen molar-refractivity contribution in [3.05, 3.63) is 54.7 Å². The molecule has 6 nitrogen and oxygen atoms in total. The molecule has 3 heterocycles. The fourth-order valence-corrected chi connectivity index (χ4v) is 3.76. The average molecular weight is 347 g/mol. The highest BCUT2D eigenvalue weighted by molar-refractivity contribution is 7.20. The van der Waals surface area contributed by atoms with Gasteiger partial charge in [-0.1, -0.05) is 29.5 Å². The molecule has 0 aliphatic rings. The average Bonchev–Trinajstić information content (AvgIpc) is 3.35. The molecule has 0 aliphatic heterocycles. The van der Waals surface area contributed by atoms with Gasteiger partial charge in [-0.15, -0.1) is 10.2 Å². The lowest BCUT2D eigenvalue weighted by molar-refractivity contribution is 0.415. The van der Waals surface area contributed by atoms with Crippen LogP contribution in [0, 0.1) is 0 Å². The van der Waals surface area contributed by atoms with E-state index in [9.17, 15) is 0 Å². The SMILES string of the molecule is COc1ccc(-c2nnc3sc(-c4c[nH]c5ccccc45)nn23)cc1. The van der Waals surface area contributed by atoms with Crippen LogP contribution in [0.3, 0.4) is 0 Å². The summed E-state index contributed by atoms with van der Waals surface area (Å²) in [5.74, 6) is 1.53. The van der Waals surface area contributed by atoms with Crippen molar-refractivity contribution in [2.45, 2.75) is 0 Å². The maximum absolute atomic E-state index is 5.21. The Hall–Kier alpha value is -3.19. The van der Waals surface area contributed by atoms with E-state index in [1.807, 2.05) is 42.6 Å². The lowest BCUT2D eigenvalue weighted by atomic mass is 10.2. The van der Waals surface area contributed by atoms with Crippen molar-refractivity contribution in [2.24, 2.45) is 0 Å². The van der Waals surface area contributed by atoms with Gasteiger partial charge in [-0.05, 0) is 30.3 Å². The Balaban J connectivity index is 1.64. The van der Waals surface area contributed by atoms with Crippen LogP contribution in [0.25, 0.3) is 37.8 Å². The smallest absolute Gasteiger partial charge is 0.235 e. The Morgan fingerprint density at radius 1 is 1.04 bits per heavy atom. The van der Waals surface area contributed by atoms with E-state index in [0.717, 1.165) is 43.6 Å². The Bertz CT molecular complexity index is 1190. The largest absolute Gasteiger partial charge is 0.497 e. The molecular formula is C18H13N5OS. The second-order valence-corrected chi connectivity index (χ2v) is 6.56. The maximum atomic E-state index is 5.21. The molecule has 25 heavy (non-hydrogen) atoms. The summed E-state index contributed by atoms with van der Waals surface area (Å²) in [6.45, 7) is 0. The van der Waals surface area contributed by atoms with Crippen LogP contribution < -0.4 is 4.74 Å². The van der Waals surface area contributed by atoms with Crippen molar-refractivity contribution in [1.82, 2.24) is 24.8 Å². The van der Waals surface area contributed by atoms with Gasteiger partial charge in [0.15, 0.2) is 5.82 Å². The van der Waals surface area contributed by atoms with Crippen molar-refractivity contribution >= 4 is 27.2 Å². The number of benzene rings is 2. The number of nitrogens with one attached hydrogen (secondary N) is 1. The Morgan fingerprint density at radius 3 is 2.72 bits per heavy atom. The Kier molecular flexibility index (Phi) is 3.07. The molecule has 5 rings (SSSR count). The quantitative estimate of drug-likeness (QED) is 0.535. The fraction of sp³-hybridized carbons (Fsp3) is 0.0556. The van der Waals surface area contributed by atoms with Crippen LogP contribution in [0.15, 0.2) is 54.7 Å². The lowest BCUT2D eigenvalue weighted by Crippen LogP contribution is -1.91. The van der Waals surface area contributed by atoms with Crippen molar-refractivity contribution in [3.63, 3.8) is 0 Å². The van der Waals surface area contributed by atoms with Gasteiger partial charge >= 0.3 is 0 Å². The number of nitrogens with zero attached hydrogens (tertiary/aromatic N) is 4. The first-order valence-electron chi connectivity index (χ1n) is 7.76. The van der Waals surface area contributed by atoms with E-state index in [0.29, 0.717) is 0 Å². The molecule has 0 atom stereocenters. The summed E-state index contributed by atoms with van der Waals surface area (Å²) in [4.78, 5) is 4.06. The second-order valence-electron chi connectivity index (χ2n) is 5.60. The first-order chi connectivity index (χ1) is 12.3. The summed E-state index contributed by atoms with van der Waals surface area (Å²) in [7, 11) is 1.65. The molecule has 0 amide bonds. The van der Waals surface area contributed by atoms with E-state index in [1.54, 1.807) is 11.6 Å². The summed E-state index contributed by atoms with van der Waals surface area (Å²) in [5.41, 5.74) is 3.12. The number of hydrogen-bond donors (Lipinski definition) is 1. The van der Waals surface area contributed by atoms with Gasteiger partial charge in [-0.25, -0.2) is 0 Å².